The molecule has 0 atom stereocenters. The van der Waals surface area contributed by atoms with Crippen molar-refractivity contribution in [1.82, 2.24) is 0 Å². The van der Waals surface area contributed by atoms with Crippen LogP contribution in [-0.4, -0.2) is 6.07 Å². The molecule has 0 bridgehead atoms. The van der Waals surface area contributed by atoms with E-state index in [0.717, 1.165) is 11.3 Å². The van der Waals surface area contributed by atoms with Gasteiger partial charge in [-0.15, -0.1) is 0 Å². The molecule has 0 unspecified atom stereocenters. The Balaban J connectivity index is 2.19. The summed E-state index contributed by atoms with van der Waals surface area (Å²) in [6, 6.07) is 0.147. The molecule has 0 aromatic carbocycles. The number of alkyl halides is 1. The molecule has 0 rings (SSSR count). The van der Waals surface area contributed by atoms with Crippen LogP contribution in [0.25, 0.3) is 0 Å². The molecule has 4 heteroatoms. The monoisotopic (exact) mass is 132 g/mol. The first kappa shape index (κ1) is 5.89. The van der Waals surface area contributed by atoms with Crippen LogP contribution in [-0.2, 0) is 4.18 Å². The van der Waals surface area contributed by atoms with Crippen molar-refractivity contribution >= 4 is 33.5 Å². The third-order valence-corrected chi connectivity index (χ3v) is 0.802. The zero-order chi connectivity index (χ0) is 4.12. The van der Waals surface area contributed by atoms with E-state index in [1.165, 1.54) is 0 Å². The summed E-state index contributed by atoms with van der Waals surface area (Å²) in [5, 5.41) is 0. The molecule has 0 aromatic rings. The normalized spacial score (nSPS) is 8.40. The molecule has 0 spiro atoms. The third kappa shape index (κ3) is 4.89. The van der Waals surface area contributed by atoms with Crippen LogP contribution >= 0.6 is 33.5 Å². The third-order valence-electron chi connectivity index (χ3n) is 0.0891. The predicted molar refractivity (Wildman–Crippen MR) is 25.2 cm³/mol. The summed E-state index contributed by atoms with van der Waals surface area (Å²) >= 11 is 5.72. The molecular formula is CH2Cl2OS. The standard InChI is InChI=1S/CH2Cl2OS/c2-1-4-5-3/h1H2. The molecule has 1 nitrogen and oxygen atoms in total. The Bertz CT molecular complexity index is 17.1. The number of halogens is 2. The second-order valence-electron chi connectivity index (χ2n) is 0.290. The SMILES string of the molecule is ClCOSCl. The molecule has 32 valence electrons. The van der Waals surface area contributed by atoms with Gasteiger partial charge in [-0.05, 0) is 10.7 Å². The summed E-state index contributed by atoms with van der Waals surface area (Å²) in [6.07, 6.45) is 0. The fraction of sp³-hybridized carbons (Fsp3) is 1.00. The van der Waals surface area contributed by atoms with Gasteiger partial charge in [0.05, 0.1) is 0 Å². The molecule has 0 saturated carbocycles. The van der Waals surface area contributed by atoms with E-state index in [4.69, 9.17) is 22.3 Å². The lowest BCUT2D eigenvalue weighted by Gasteiger charge is -1.79. The van der Waals surface area contributed by atoms with Gasteiger partial charge in [0, 0.05) is 0 Å². The average molecular weight is 133 g/mol. The lowest BCUT2D eigenvalue weighted by molar-refractivity contribution is 0.465. The molecule has 0 amide bonds. The fourth-order valence-electron chi connectivity index (χ4n) is 0.0168. The topological polar surface area (TPSA) is 9.23 Å². The number of hydrogen-bond donors (Lipinski definition) is 0. The zero-order valence-corrected chi connectivity index (χ0v) is 4.61. The van der Waals surface area contributed by atoms with Crippen LogP contribution in [0.3, 0.4) is 0 Å². The van der Waals surface area contributed by atoms with Crippen LogP contribution in [0.5, 0.6) is 0 Å². The van der Waals surface area contributed by atoms with Crippen LogP contribution in [0.4, 0.5) is 0 Å². The van der Waals surface area contributed by atoms with Gasteiger partial charge in [-0.1, -0.05) is 11.6 Å². The maximum absolute atomic E-state index is 4.97. The zero-order valence-electron chi connectivity index (χ0n) is 2.28. The van der Waals surface area contributed by atoms with Crippen molar-refractivity contribution in [3.8, 4) is 0 Å². The molecule has 0 aliphatic rings. The predicted octanol–water partition coefficient (Wildman–Crippen LogP) is 2.00. The van der Waals surface area contributed by atoms with Gasteiger partial charge in [0.1, 0.15) is 17.3 Å². The van der Waals surface area contributed by atoms with Gasteiger partial charge in [-0.2, -0.15) is 0 Å². The molecule has 0 N–H and O–H groups in total. The summed E-state index contributed by atoms with van der Waals surface area (Å²) < 4.78 is 4.28. The van der Waals surface area contributed by atoms with E-state index < -0.39 is 0 Å². The van der Waals surface area contributed by atoms with E-state index in [1.807, 2.05) is 0 Å². The maximum Gasteiger partial charge on any atom is 0.136 e. The number of hydrogen-bond acceptors (Lipinski definition) is 2. The Morgan fingerprint density at radius 3 is 2.40 bits per heavy atom. The Morgan fingerprint density at radius 2 is 2.40 bits per heavy atom. The highest BCUT2D eigenvalue weighted by molar-refractivity contribution is 8.17. The van der Waals surface area contributed by atoms with Crippen molar-refractivity contribution in [3.05, 3.63) is 0 Å². The summed E-state index contributed by atoms with van der Waals surface area (Å²) in [5.74, 6) is 0. The Labute approximate surface area is 44.3 Å². The second kappa shape index (κ2) is 4.89. The van der Waals surface area contributed by atoms with E-state index in [9.17, 15) is 0 Å². The first-order valence-corrected chi connectivity index (χ1v) is 2.98. The van der Waals surface area contributed by atoms with Gasteiger partial charge >= 0.3 is 0 Å². The highest BCUT2D eigenvalue weighted by Crippen LogP contribution is 2.06. The Morgan fingerprint density at radius 1 is 1.80 bits per heavy atom. The first-order chi connectivity index (χ1) is 2.41. The fourth-order valence-corrected chi connectivity index (χ4v) is 0.455. The Hall–Kier alpha value is 0.890. The molecule has 0 aromatic heterocycles. The molecular weight excluding hydrogens is 131 g/mol. The average Bonchev–Trinajstić information content (AvgIpc) is 1.41. The Kier molecular flexibility index (Phi) is 5.76. The van der Waals surface area contributed by atoms with E-state index in [-0.39, 0.29) is 6.07 Å². The maximum atomic E-state index is 4.97. The van der Waals surface area contributed by atoms with Crippen LogP contribution in [0.1, 0.15) is 0 Å². The van der Waals surface area contributed by atoms with Crippen molar-refractivity contribution in [2.45, 2.75) is 0 Å². The largest absolute Gasteiger partial charge is 0.285 e. The van der Waals surface area contributed by atoms with Crippen molar-refractivity contribution in [2.24, 2.45) is 0 Å². The summed E-state index contributed by atoms with van der Waals surface area (Å²) in [5.41, 5.74) is 0. The highest BCUT2D eigenvalue weighted by atomic mass is 35.7. The molecule has 5 heavy (non-hydrogen) atoms. The minimum Gasteiger partial charge on any atom is -0.285 e. The van der Waals surface area contributed by atoms with Gasteiger partial charge in [0.2, 0.25) is 0 Å². The van der Waals surface area contributed by atoms with Crippen molar-refractivity contribution in [1.29, 1.82) is 0 Å². The van der Waals surface area contributed by atoms with Crippen LogP contribution in [0, 0.1) is 0 Å². The highest BCUT2D eigenvalue weighted by Gasteiger charge is 1.70. The molecule has 0 radical (unpaired) electrons. The molecule has 0 aliphatic carbocycles. The molecule has 0 saturated heterocycles. The van der Waals surface area contributed by atoms with E-state index in [0.29, 0.717) is 0 Å². The minimum atomic E-state index is 0.147. The van der Waals surface area contributed by atoms with Crippen molar-refractivity contribution in [2.75, 3.05) is 6.07 Å². The van der Waals surface area contributed by atoms with Gasteiger partial charge in [0.25, 0.3) is 0 Å². The molecule has 0 fully saturated rings. The molecule has 0 heterocycles. The van der Waals surface area contributed by atoms with Crippen LogP contribution in [0.2, 0.25) is 0 Å². The van der Waals surface area contributed by atoms with Crippen molar-refractivity contribution in [3.63, 3.8) is 0 Å². The van der Waals surface area contributed by atoms with E-state index in [1.54, 1.807) is 0 Å². The van der Waals surface area contributed by atoms with Crippen LogP contribution < -0.4 is 0 Å². The first-order valence-electron chi connectivity index (χ1n) is 0.877. The van der Waals surface area contributed by atoms with Crippen LogP contribution in [0.15, 0.2) is 0 Å². The van der Waals surface area contributed by atoms with Gasteiger partial charge in [0.15, 0.2) is 0 Å². The lowest BCUT2D eigenvalue weighted by Crippen LogP contribution is -1.62. The van der Waals surface area contributed by atoms with Gasteiger partial charge < -0.3 is 0 Å². The number of rotatable bonds is 2. The van der Waals surface area contributed by atoms with Gasteiger partial charge in [-0.25, -0.2) is 0 Å². The second-order valence-corrected chi connectivity index (χ2v) is 1.25. The summed E-state index contributed by atoms with van der Waals surface area (Å²) in [6.45, 7) is 0. The molecule has 0 aliphatic heterocycles. The van der Waals surface area contributed by atoms with Crippen molar-refractivity contribution < 1.29 is 4.18 Å². The van der Waals surface area contributed by atoms with E-state index in [2.05, 4.69) is 4.18 Å². The summed E-state index contributed by atoms with van der Waals surface area (Å²) in [7, 11) is 4.91. The quantitative estimate of drug-likeness (QED) is 0.420. The lowest BCUT2D eigenvalue weighted by atomic mass is 11.7. The smallest absolute Gasteiger partial charge is 0.136 e. The van der Waals surface area contributed by atoms with Gasteiger partial charge in [-0.3, -0.25) is 4.18 Å². The summed E-state index contributed by atoms with van der Waals surface area (Å²) in [4.78, 5) is 0. The minimum absolute atomic E-state index is 0.147. The van der Waals surface area contributed by atoms with E-state index >= 15 is 0 Å².